The molecule has 0 spiro atoms. The van der Waals surface area contributed by atoms with Crippen molar-refractivity contribution in [3.63, 3.8) is 0 Å². The molecule has 6 nitrogen and oxygen atoms in total. The summed E-state index contributed by atoms with van der Waals surface area (Å²) in [6.07, 6.45) is 1.43. The lowest BCUT2D eigenvalue weighted by molar-refractivity contribution is 0.0976. The molecule has 2 heterocycles. The van der Waals surface area contributed by atoms with E-state index in [9.17, 15) is 13.2 Å². The zero-order chi connectivity index (χ0) is 22.2. The molecule has 0 radical (unpaired) electrons. The number of H-pyrrole nitrogens is 1. The van der Waals surface area contributed by atoms with Crippen LogP contribution in [0.4, 0.5) is 0 Å². The summed E-state index contributed by atoms with van der Waals surface area (Å²) in [6, 6.07) is 19.4. The summed E-state index contributed by atoms with van der Waals surface area (Å²) in [7, 11) is -3.66. The average Bonchev–Trinajstić information content (AvgIpc) is 3.05. The lowest BCUT2D eigenvalue weighted by Gasteiger charge is -2.08. The monoisotopic (exact) mass is 433 g/mol. The number of aromatic nitrogens is 2. The van der Waals surface area contributed by atoms with Crippen molar-refractivity contribution < 1.29 is 13.2 Å². The fraction of sp³-hybridized carbons (Fsp3) is 0.167. The van der Waals surface area contributed by atoms with Crippen molar-refractivity contribution >= 4 is 26.8 Å². The summed E-state index contributed by atoms with van der Waals surface area (Å²) in [6.45, 7) is 4.17. The van der Waals surface area contributed by atoms with Crippen molar-refractivity contribution in [1.29, 1.82) is 0 Å². The Balaban J connectivity index is 1.80. The van der Waals surface area contributed by atoms with Gasteiger partial charge in [0.2, 0.25) is 10.0 Å². The van der Waals surface area contributed by atoms with E-state index >= 15 is 0 Å². The van der Waals surface area contributed by atoms with Gasteiger partial charge < -0.3 is 4.98 Å². The molecule has 0 aliphatic carbocycles. The molecule has 2 aromatic carbocycles. The van der Waals surface area contributed by atoms with Gasteiger partial charge in [0, 0.05) is 23.0 Å². The van der Waals surface area contributed by atoms with Crippen molar-refractivity contribution in [1.82, 2.24) is 14.7 Å². The molecule has 4 aromatic rings. The number of aryl methyl sites for hydroxylation is 2. The Labute approximate surface area is 181 Å². The van der Waals surface area contributed by atoms with E-state index in [0.717, 1.165) is 34.0 Å². The second-order valence-corrected chi connectivity index (χ2v) is 9.47. The van der Waals surface area contributed by atoms with Gasteiger partial charge in [-0.1, -0.05) is 36.4 Å². The molecule has 158 valence electrons. The lowest BCUT2D eigenvalue weighted by atomic mass is 9.98. The fourth-order valence-corrected chi connectivity index (χ4v) is 4.10. The fourth-order valence-electron chi connectivity index (χ4n) is 3.66. The first-order valence-corrected chi connectivity index (χ1v) is 11.8. The maximum atomic E-state index is 12.2. The van der Waals surface area contributed by atoms with Gasteiger partial charge >= 0.3 is 0 Å². The number of hydrogen-bond donors (Lipinski definition) is 2. The molecule has 0 bridgehead atoms. The highest BCUT2D eigenvalue weighted by Gasteiger charge is 2.17. The number of aromatic amines is 1. The number of nitrogens with one attached hydrogen (secondary N) is 2. The van der Waals surface area contributed by atoms with Crippen LogP contribution in [0.3, 0.4) is 0 Å². The van der Waals surface area contributed by atoms with Crippen molar-refractivity contribution in [2.75, 3.05) is 6.26 Å². The summed E-state index contributed by atoms with van der Waals surface area (Å²) in [5.41, 5.74) is 7.34. The van der Waals surface area contributed by atoms with Gasteiger partial charge in [-0.25, -0.2) is 18.1 Å². The van der Waals surface area contributed by atoms with Crippen LogP contribution in [0.2, 0.25) is 0 Å². The first-order chi connectivity index (χ1) is 14.7. The van der Waals surface area contributed by atoms with E-state index in [4.69, 9.17) is 0 Å². The molecular formula is C24H23N3O3S. The summed E-state index contributed by atoms with van der Waals surface area (Å²) in [5, 5.41) is 1.11. The molecule has 7 heteroatoms. The van der Waals surface area contributed by atoms with E-state index in [1.54, 1.807) is 6.07 Å². The zero-order valence-electron chi connectivity index (χ0n) is 17.6. The SMILES string of the molecule is Cc1cc2[nH]c(-c3ccccc3)c(Cc3cccc(C(=O)NS(C)(=O)=O)n3)c2cc1C. The predicted octanol–water partition coefficient (Wildman–Crippen LogP) is 4.13. The van der Waals surface area contributed by atoms with Crippen LogP contribution in [-0.2, 0) is 16.4 Å². The van der Waals surface area contributed by atoms with Crippen LogP contribution in [0.1, 0.15) is 32.9 Å². The van der Waals surface area contributed by atoms with Gasteiger partial charge in [0.05, 0.1) is 11.9 Å². The maximum Gasteiger partial charge on any atom is 0.283 e. The number of amides is 1. The Morgan fingerprint density at radius 3 is 2.42 bits per heavy atom. The minimum atomic E-state index is -3.66. The van der Waals surface area contributed by atoms with Crippen molar-refractivity contribution in [2.45, 2.75) is 20.3 Å². The number of carbonyl (C=O) groups is 1. The van der Waals surface area contributed by atoms with E-state index in [1.165, 1.54) is 17.2 Å². The third-order valence-electron chi connectivity index (χ3n) is 5.26. The quantitative estimate of drug-likeness (QED) is 0.495. The summed E-state index contributed by atoms with van der Waals surface area (Å²) < 4.78 is 24.8. The lowest BCUT2D eigenvalue weighted by Crippen LogP contribution is -2.30. The van der Waals surface area contributed by atoms with Gasteiger partial charge in [0.25, 0.3) is 5.91 Å². The largest absolute Gasteiger partial charge is 0.354 e. The minimum Gasteiger partial charge on any atom is -0.354 e. The number of rotatable bonds is 5. The molecule has 0 fully saturated rings. The molecular weight excluding hydrogens is 410 g/mol. The van der Waals surface area contributed by atoms with Gasteiger partial charge in [0.1, 0.15) is 5.69 Å². The van der Waals surface area contributed by atoms with Gasteiger partial charge in [-0.15, -0.1) is 0 Å². The van der Waals surface area contributed by atoms with Crippen molar-refractivity contribution in [3.8, 4) is 11.3 Å². The molecule has 0 atom stereocenters. The number of carbonyl (C=O) groups excluding carboxylic acids is 1. The number of fused-ring (bicyclic) bond motifs is 1. The Kier molecular flexibility index (Phi) is 5.37. The molecule has 0 aliphatic rings. The average molecular weight is 434 g/mol. The van der Waals surface area contributed by atoms with Crippen LogP contribution < -0.4 is 4.72 Å². The smallest absolute Gasteiger partial charge is 0.283 e. The van der Waals surface area contributed by atoms with Crippen LogP contribution in [-0.4, -0.2) is 30.5 Å². The maximum absolute atomic E-state index is 12.2. The first-order valence-electron chi connectivity index (χ1n) is 9.86. The molecule has 0 aliphatic heterocycles. The van der Waals surface area contributed by atoms with Crippen LogP contribution in [0.5, 0.6) is 0 Å². The van der Waals surface area contributed by atoms with Crippen LogP contribution >= 0.6 is 0 Å². The van der Waals surface area contributed by atoms with Crippen LogP contribution in [0.25, 0.3) is 22.2 Å². The summed E-state index contributed by atoms with van der Waals surface area (Å²) >= 11 is 0. The highest BCUT2D eigenvalue weighted by molar-refractivity contribution is 7.89. The zero-order valence-corrected chi connectivity index (χ0v) is 18.4. The van der Waals surface area contributed by atoms with Crippen LogP contribution in [0.15, 0.2) is 60.7 Å². The molecule has 2 aromatic heterocycles. The minimum absolute atomic E-state index is 0.0658. The second-order valence-electron chi connectivity index (χ2n) is 7.72. The summed E-state index contributed by atoms with van der Waals surface area (Å²) in [5.74, 6) is -0.738. The molecule has 0 saturated heterocycles. The first kappa shape index (κ1) is 20.8. The van der Waals surface area contributed by atoms with E-state index in [2.05, 4.69) is 48.1 Å². The van der Waals surface area contributed by atoms with E-state index in [-0.39, 0.29) is 5.69 Å². The van der Waals surface area contributed by atoms with E-state index in [1.807, 2.05) is 29.0 Å². The normalized spacial score (nSPS) is 11.6. The highest BCUT2D eigenvalue weighted by Crippen LogP contribution is 2.33. The molecule has 1 amide bonds. The highest BCUT2D eigenvalue weighted by atomic mass is 32.2. The third-order valence-corrected chi connectivity index (χ3v) is 5.81. The summed E-state index contributed by atoms with van der Waals surface area (Å²) in [4.78, 5) is 20.2. The predicted molar refractivity (Wildman–Crippen MR) is 123 cm³/mol. The van der Waals surface area contributed by atoms with Gasteiger partial charge in [-0.2, -0.15) is 0 Å². The third kappa shape index (κ3) is 4.51. The standard InChI is InChI=1S/C24H23N3O3S/c1-15-12-19-20(14-18-10-7-11-21(25-18)24(28)27-31(3,29)30)23(17-8-5-4-6-9-17)26-22(19)13-16(15)2/h4-13,26H,14H2,1-3H3,(H,27,28). The van der Waals surface area contributed by atoms with Crippen molar-refractivity contribution in [2.24, 2.45) is 0 Å². The van der Waals surface area contributed by atoms with Crippen molar-refractivity contribution in [3.05, 3.63) is 88.7 Å². The molecule has 4 rings (SSSR count). The number of benzene rings is 2. The van der Waals surface area contributed by atoms with Crippen LogP contribution in [0, 0.1) is 13.8 Å². The van der Waals surface area contributed by atoms with Gasteiger partial charge in [0.15, 0.2) is 0 Å². The molecule has 0 saturated carbocycles. The Bertz CT molecular complexity index is 1390. The van der Waals surface area contributed by atoms with Gasteiger partial charge in [-0.05, 0) is 60.4 Å². The Morgan fingerprint density at radius 2 is 1.71 bits per heavy atom. The number of hydrogen-bond acceptors (Lipinski definition) is 4. The Morgan fingerprint density at radius 1 is 1.00 bits per heavy atom. The van der Waals surface area contributed by atoms with E-state index < -0.39 is 15.9 Å². The molecule has 31 heavy (non-hydrogen) atoms. The van der Waals surface area contributed by atoms with Gasteiger partial charge in [-0.3, -0.25) is 4.79 Å². The molecule has 0 unspecified atom stereocenters. The number of nitrogens with zero attached hydrogens (tertiary/aromatic N) is 1. The Hall–Kier alpha value is -3.45. The van der Waals surface area contributed by atoms with E-state index in [0.29, 0.717) is 12.1 Å². The molecule has 2 N–H and O–H groups in total. The second kappa shape index (κ2) is 8.00. The number of sulfonamides is 1. The number of pyridine rings is 1. The topological polar surface area (TPSA) is 91.9 Å².